The van der Waals surface area contributed by atoms with E-state index >= 15 is 0 Å². The van der Waals surface area contributed by atoms with Crippen LogP contribution in [0.1, 0.15) is 26.3 Å². The number of carbonyl (C=O) groups excluding carboxylic acids is 1. The molecule has 0 unspecified atom stereocenters. The molecule has 0 spiro atoms. The predicted molar refractivity (Wildman–Crippen MR) is 72.4 cm³/mol. The molecule has 6 heteroatoms. The number of hydrogen-bond donors (Lipinski definition) is 2. The SMILES string of the molecule is Cc1cccc(NC(=O)c2cc(F)cc(F)c2)c1C(=O)O. The molecule has 0 saturated carbocycles. The van der Waals surface area contributed by atoms with Crippen LogP contribution in [0.4, 0.5) is 14.5 Å². The number of carboxylic acids is 1. The van der Waals surface area contributed by atoms with Gasteiger partial charge in [0.25, 0.3) is 5.91 Å². The molecule has 0 fully saturated rings. The molecule has 1 amide bonds. The zero-order chi connectivity index (χ0) is 15.6. The maximum atomic E-state index is 13.1. The predicted octanol–water partition coefficient (Wildman–Crippen LogP) is 3.22. The molecule has 2 aromatic rings. The van der Waals surface area contributed by atoms with E-state index in [-0.39, 0.29) is 16.8 Å². The van der Waals surface area contributed by atoms with Gasteiger partial charge in [-0.25, -0.2) is 13.6 Å². The van der Waals surface area contributed by atoms with Crippen molar-refractivity contribution in [3.8, 4) is 0 Å². The van der Waals surface area contributed by atoms with Gasteiger partial charge < -0.3 is 10.4 Å². The third-order valence-electron chi connectivity index (χ3n) is 2.86. The lowest BCUT2D eigenvalue weighted by Gasteiger charge is -2.10. The van der Waals surface area contributed by atoms with Crippen molar-refractivity contribution in [2.24, 2.45) is 0 Å². The van der Waals surface area contributed by atoms with Crippen LogP contribution >= 0.6 is 0 Å². The van der Waals surface area contributed by atoms with Gasteiger partial charge in [0, 0.05) is 11.6 Å². The average Bonchev–Trinajstić information content (AvgIpc) is 2.37. The average molecular weight is 291 g/mol. The second kappa shape index (κ2) is 5.70. The van der Waals surface area contributed by atoms with Crippen LogP contribution in [-0.4, -0.2) is 17.0 Å². The van der Waals surface area contributed by atoms with Crippen LogP contribution in [0.3, 0.4) is 0 Å². The molecule has 0 aliphatic carbocycles. The third kappa shape index (κ3) is 3.22. The fourth-order valence-corrected chi connectivity index (χ4v) is 1.94. The number of nitrogens with one attached hydrogen (secondary N) is 1. The molecule has 0 aliphatic heterocycles. The summed E-state index contributed by atoms with van der Waals surface area (Å²) in [5, 5.41) is 11.5. The summed E-state index contributed by atoms with van der Waals surface area (Å²) in [5.41, 5.74) is 0.232. The van der Waals surface area contributed by atoms with Crippen molar-refractivity contribution in [2.75, 3.05) is 5.32 Å². The molecule has 0 bridgehead atoms. The number of hydrogen-bond acceptors (Lipinski definition) is 2. The van der Waals surface area contributed by atoms with Crippen molar-refractivity contribution in [1.82, 2.24) is 0 Å². The Kier molecular flexibility index (Phi) is 3.98. The number of amides is 1. The van der Waals surface area contributed by atoms with Gasteiger partial charge in [0.2, 0.25) is 0 Å². The van der Waals surface area contributed by atoms with Gasteiger partial charge in [-0.15, -0.1) is 0 Å². The first-order valence-corrected chi connectivity index (χ1v) is 5.99. The Morgan fingerprint density at radius 1 is 1.10 bits per heavy atom. The zero-order valence-electron chi connectivity index (χ0n) is 11.0. The van der Waals surface area contributed by atoms with E-state index in [4.69, 9.17) is 5.11 Å². The summed E-state index contributed by atoms with van der Waals surface area (Å²) in [6, 6.07) is 6.95. The van der Waals surface area contributed by atoms with Gasteiger partial charge in [0.05, 0.1) is 11.3 Å². The first-order valence-electron chi connectivity index (χ1n) is 5.99. The third-order valence-corrected chi connectivity index (χ3v) is 2.86. The quantitative estimate of drug-likeness (QED) is 0.912. The molecule has 2 rings (SSSR count). The minimum absolute atomic E-state index is 0.0668. The molecule has 4 nitrogen and oxygen atoms in total. The number of benzene rings is 2. The van der Waals surface area contributed by atoms with E-state index in [9.17, 15) is 18.4 Å². The van der Waals surface area contributed by atoms with Crippen LogP contribution in [0, 0.1) is 18.6 Å². The van der Waals surface area contributed by atoms with E-state index < -0.39 is 23.5 Å². The van der Waals surface area contributed by atoms with Gasteiger partial charge in [0.1, 0.15) is 11.6 Å². The van der Waals surface area contributed by atoms with Gasteiger partial charge >= 0.3 is 5.97 Å². The van der Waals surface area contributed by atoms with E-state index in [1.54, 1.807) is 19.1 Å². The van der Waals surface area contributed by atoms with Crippen molar-refractivity contribution in [2.45, 2.75) is 6.92 Å². The second-order valence-electron chi connectivity index (χ2n) is 4.41. The Labute approximate surface area is 119 Å². The highest BCUT2D eigenvalue weighted by molar-refractivity contribution is 6.08. The molecule has 0 aliphatic rings. The highest BCUT2D eigenvalue weighted by atomic mass is 19.1. The van der Waals surface area contributed by atoms with Gasteiger partial charge in [-0.3, -0.25) is 4.79 Å². The molecular weight excluding hydrogens is 280 g/mol. The highest BCUT2D eigenvalue weighted by Crippen LogP contribution is 2.20. The molecule has 2 N–H and O–H groups in total. The summed E-state index contributed by atoms with van der Waals surface area (Å²) < 4.78 is 26.2. The largest absolute Gasteiger partial charge is 0.478 e. The minimum Gasteiger partial charge on any atom is -0.478 e. The number of anilines is 1. The first-order chi connectivity index (χ1) is 9.88. The number of carbonyl (C=O) groups is 2. The molecular formula is C15H11F2NO3. The van der Waals surface area contributed by atoms with Crippen molar-refractivity contribution in [1.29, 1.82) is 0 Å². The van der Waals surface area contributed by atoms with Crippen molar-refractivity contribution in [3.05, 3.63) is 64.7 Å². The topological polar surface area (TPSA) is 66.4 Å². The number of halogens is 2. The van der Waals surface area contributed by atoms with Crippen LogP contribution in [0.2, 0.25) is 0 Å². The summed E-state index contributed by atoms with van der Waals surface area (Å²) in [7, 11) is 0. The van der Waals surface area contributed by atoms with Crippen LogP contribution in [-0.2, 0) is 0 Å². The van der Waals surface area contributed by atoms with Crippen LogP contribution < -0.4 is 5.32 Å². The van der Waals surface area contributed by atoms with Crippen LogP contribution in [0.15, 0.2) is 36.4 Å². The normalized spacial score (nSPS) is 10.2. The van der Waals surface area contributed by atoms with E-state index in [1.165, 1.54) is 6.07 Å². The van der Waals surface area contributed by atoms with Gasteiger partial charge in [-0.1, -0.05) is 12.1 Å². The Morgan fingerprint density at radius 3 is 2.29 bits per heavy atom. The molecule has 0 atom stereocenters. The Hall–Kier alpha value is -2.76. The number of rotatable bonds is 3. The number of aromatic carboxylic acids is 1. The van der Waals surface area contributed by atoms with E-state index in [1.807, 2.05) is 0 Å². The Balaban J connectivity index is 2.36. The molecule has 0 heterocycles. The summed E-state index contributed by atoms with van der Waals surface area (Å²) in [6.45, 7) is 1.58. The van der Waals surface area contributed by atoms with Crippen LogP contribution in [0.5, 0.6) is 0 Å². The maximum Gasteiger partial charge on any atom is 0.338 e. The molecule has 2 aromatic carbocycles. The summed E-state index contributed by atoms with van der Waals surface area (Å²) >= 11 is 0. The monoisotopic (exact) mass is 291 g/mol. The first kappa shape index (κ1) is 14.6. The van der Waals surface area contributed by atoms with Gasteiger partial charge in [-0.05, 0) is 30.7 Å². The number of aryl methyl sites for hydroxylation is 1. The smallest absolute Gasteiger partial charge is 0.338 e. The fraction of sp³-hybridized carbons (Fsp3) is 0.0667. The summed E-state index contributed by atoms with van der Waals surface area (Å²) in [4.78, 5) is 23.2. The van der Waals surface area contributed by atoms with Crippen molar-refractivity contribution < 1.29 is 23.5 Å². The molecule has 0 aromatic heterocycles. The molecule has 21 heavy (non-hydrogen) atoms. The number of carboxylic acid groups (broad SMARTS) is 1. The molecule has 0 radical (unpaired) electrons. The maximum absolute atomic E-state index is 13.1. The van der Waals surface area contributed by atoms with Gasteiger partial charge in [0.15, 0.2) is 0 Å². The highest BCUT2D eigenvalue weighted by Gasteiger charge is 2.16. The Bertz CT molecular complexity index is 709. The van der Waals surface area contributed by atoms with Crippen LogP contribution in [0.25, 0.3) is 0 Å². The van der Waals surface area contributed by atoms with E-state index in [0.29, 0.717) is 11.6 Å². The second-order valence-corrected chi connectivity index (χ2v) is 4.41. The fourth-order valence-electron chi connectivity index (χ4n) is 1.94. The lowest BCUT2D eigenvalue weighted by atomic mass is 10.1. The Morgan fingerprint density at radius 2 is 1.71 bits per heavy atom. The molecule has 108 valence electrons. The van der Waals surface area contributed by atoms with E-state index in [0.717, 1.165) is 12.1 Å². The lowest BCUT2D eigenvalue weighted by molar-refractivity contribution is 0.0697. The zero-order valence-corrected chi connectivity index (χ0v) is 11.0. The summed E-state index contributed by atoms with van der Waals surface area (Å²) in [6.07, 6.45) is 0. The standard InChI is InChI=1S/C15H11F2NO3/c1-8-3-2-4-12(13(8)15(20)21)18-14(19)9-5-10(16)7-11(17)6-9/h2-7H,1H3,(H,18,19)(H,20,21). The lowest BCUT2D eigenvalue weighted by Crippen LogP contribution is -2.16. The summed E-state index contributed by atoms with van der Waals surface area (Å²) in [5.74, 6) is -3.76. The van der Waals surface area contributed by atoms with Crippen molar-refractivity contribution >= 4 is 17.6 Å². The van der Waals surface area contributed by atoms with Crippen molar-refractivity contribution in [3.63, 3.8) is 0 Å². The molecule has 0 saturated heterocycles. The van der Waals surface area contributed by atoms with E-state index in [2.05, 4.69) is 5.32 Å². The minimum atomic E-state index is -1.20. The van der Waals surface area contributed by atoms with Gasteiger partial charge in [-0.2, -0.15) is 0 Å².